The zero-order chi connectivity index (χ0) is 20.2. The van der Waals surface area contributed by atoms with E-state index in [1.807, 2.05) is 25.3 Å². The fourth-order valence-electron chi connectivity index (χ4n) is 4.51. The van der Waals surface area contributed by atoms with Crippen LogP contribution in [0.25, 0.3) is 11.0 Å². The average molecular weight is 413 g/mol. The van der Waals surface area contributed by atoms with E-state index in [9.17, 15) is 5.11 Å². The van der Waals surface area contributed by atoms with Gasteiger partial charge in [-0.05, 0) is 38.8 Å². The summed E-state index contributed by atoms with van der Waals surface area (Å²) in [4.78, 5) is 21.5. The summed E-state index contributed by atoms with van der Waals surface area (Å²) in [6, 6.07) is 4.27. The molecule has 8 heteroatoms. The quantitative estimate of drug-likeness (QED) is 0.628. The normalized spacial score (nSPS) is 21.4. The molecule has 3 aromatic rings. The Balaban J connectivity index is 1.53. The number of anilines is 2. The van der Waals surface area contributed by atoms with Crippen LogP contribution >= 0.6 is 11.6 Å². The summed E-state index contributed by atoms with van der Waals surface area (Å²) in [5.41, 5.74) is 3.58. The second kappa shape index (κ2) is 6.85. The number of halogens is 1. The van der Waals surface area contributed by atoms with Gasteiger partial charge < -0.3 is 19.9 Å². The molecule has 3 aromatic heterocycles. The van der Waals surface area contributed by atoms with Gasteiger partial charge >= 0.3 is 0 Å². The lowest BCUT2D eigenvalue weighted by atomic mass is 9.93. The molecule has 0 radical (unpaired) electrons. The van der Waals surface area contributed by atoms with E-state index in [-0.39, 0.29) is 6.04 Å². The van der Waals surface area contributed by atoms with Crippen molar-refractivity contribution in [3.05, 3.63) is 41.1 Å². The number of fused-ring (bicyclic) bond motifs is 2. The van der Waals surface area contributed by atoms with Gasteiger partial charge in [-0.3, -0.25) is 0 Å². The second-order valence-corrected chi connectivity index (χ2v) is 8.88. The van der Waals surface area contributed by atoms with Crippen LogP contribution in [0.4, 0.5) is 11.5 Å². The van der Waals surface area contributed by atoms with Crippen LogP contribution in [0.1, 0.15) is 37.9 Å². The SMILES string of the molecule is C[C@@H]1Cc2ncnc(N3CCC(C)(O)CC3)c2CN1c1cc(Cl)nc2[nH]ccc12. The lowest BCUT2D eigenvalue weighted by molar-refractivity contribution is 0.0350. The molecule has 2 N–H and O–H groups in total. The van der Waals surface area contributed by atoms with Crippen LogP contribution in [-0.4, -0.2) is 49.8 Å². The van der Waals surface area contributed by atoms with E-state index < -0.39 is 5.60 Å². The van der Waals surface area contributed by atoms with Crippen molar-refractivity contribution in [2.45, 2.75) is 51.3 Å². The first-order valence-electron chi connectivity index (χ1n) is 10.1. The molecule has 1 fully saturated rings. The molecule has 2 aliphatic rings. The summed E-state index contributed by atoms with van der Waals surface area (Å²) < 4.78 is 0. The van der Waals surface area contributed by atoms with Gasteiger partial charge in [0.2, 0.25) is 0 Å². The summed E-state index contributed by atoms with van der Waals surface area (Å²) in [7, 11) is 0. The zero-order valence-corrected chi connectivity index (χ0v) is 17.4. The highest BCUT2D eigenvalue weighted by Gasteiger charge is 2.33. The van der Waals surface area contributed by atoms with E-state index in [1.165, 1.54) is 5.56 Å². The summed E-state index contributed by atoms with van der Waals surface area (Å²) in [5, 5.41) is 11.9. The maximum Gasteiger partial charge on any atom is 0.141 e. The third-order valence-corrected chi connectivity index (χ3v) is 6.48. The van der Waals surface area contributed by atoms with Gasteiger partial charge in [0.05, 0.1) is 17.0 Å². The molecule has 0 amide bonds. The molecule has 29 heavy (non-hydrogen) atoms. The Bertz CT molecular complexity index is 1050. The molecule has 0 aromatic carbocycles. The minimum atomic E-state index is -0.585. The number of hydrogen-bond acceptors (Lipinski definition) is 6. The minimum absolute atomic E-state index is 0.281. The monoisotopic (exact) mass is 412 g/mol. The molecular formula is C21H25ClN6O. The molecule has 152 valence electrons. The molecule has 0 bridgehead atoms. The molecule has 5 heterocycles. The van der Waals surface area contributed by atoms with E-state index in [4.69, 9.17) is 11.6 Å². The molecular weight excluding hydrogens is 388 g/mol. The lowest BCUT2D eigenvalue weighted by Gasteiger charge is -2.40. The van der Waals surface area contributed by atoms with Crippen LogP contribution < -0.4 is 9.80 Å². The van der Waals surface area contributed by atoms with E-state index in [0.29, 0.717) is 5.15 Å². The van der Waals surface area contributed by atoms with E-state index in [2.05, 4.69) is 36.7 Å². The maximum atomic E-state index is 10.3. The number of nitrogens with zero attached hydrogens (tertiary/aromatic N) is 5. The van der Waals surface area contributed by atoms with E-state index >= 15 is 0 Å². The molecule has 5 rings (SSSR count). The van der Waals surface area contributed by atoms with Crippen LogP contribution in [0.2, 0.25) is 5.15 Å². The van der Waals surface area contributed by atoms with Gasteiger partial charge in [-0.15, -0.1) is 0 Å². The smallest absolute Gasteiger partial charge is 0.141 e. The second-order valence-electron chi connectivity index (χ2n) is 8.49. The number of H-pyrrole nitrogens is 1. The van der Waals surface area contributed by atoms with Gasteiger partial charge in [-0.25, -0.2) is 15.0 Å². The Morgan fingerprint density at radius 2 is 2.07 bits per heavy atom. The van der Waals surface area contributed by atoms with Crippen molar-refractivity contribution >= 4 is 34.1 Å². The van der Waals surface area contributed by atoms with Gasteiger partial charge in [0.25, 0.3) is 0 Å². The Morgan fingerprint density at radius 1 is 1.28 bits per heavy atom. The highest BCUT2D eigenvalue weighted by atomic mass is 35.5. The number of hydrogen-bond donors (Lipinski definition) is 2. The number of rotatable bonds is 2. The Labute approximate surface area is 174 Å². The van der Waals surface area contributed by atoms with Crippen LogP contribution in [0.3, 0.4) is 0 Å². The van der Waals surface area contributed by atoms with Crippen LogP contribution in [0, 0.1) is 0 Å². The Hall–Kier alpha value is -2.38. The van der Waals surface area contributed by atoms with Crippen molar-refractivity contribution in [3.8, 4) is 0 Å². The number of aromatic nitrogens is 4. The number of piperidine rings is 1. The summed E-state index contributed by atoms with van der Waals surface area (Å²) in [6.07, 6.45) is 5.92. The van der Waals surface area contributed by atoms with Crippen LogP contribution in [0.15, 0.2) is 24.7 Å². The molecule has 0 aliphatic carbocycles. The first-order valence-corrected chi connectivity index (χ1v) is 10.5. The van der Waals surface area contributed by atoms with Crippen LogP contribution in [-0.2, 0) is 13.0 Å². The molecule has 2 aliphatic heterocycles. The highest BCUT2D eigenvalue weighted by Crippen LogP contribution is 2.37. The Kier molecular flexibility index (Phi) is 4.40. The predicted octanol–water partition coefficient (Wildman–Crippen LogP) is 3.31. The molecule has 7 nitrogen and oxygen atoms in total. The third-order valence-electron chi connectivity index (χ3n) is 6.29. The average Bonchev–Trinajstić information content (AvgIpc) is 3.15. The minimum Gasteiger partial charge on any atom is -0.390 e. The largest absolute Gasteiger partial charge is 0.390 e. The summed E-state index contributed by atoms with van der Waals surface area (Å²) in [5.74, 6) is 0.993. The summed E-state index contributed by atoms with van der Waals surface area (Å²) in [6.45, 7) is 6.46. The van der Waals surface area contributed by atoms with E-state index in [0.717, 1.165) is 67.1 Å². The third kappa shape index (κ3) is 3.32. The van der Waals surface area contributed by atoms with Crippen molar-refractivity contribution in [1.29, 1.82) is 0 Å². The fraction of sp³-hybridized carbons (Fsp3) is 0.476. The van der Waals surface area contributed by atoms with Crippen molar-refractivity contribution < 1.29 is 5.11 Å². The first-order chi connectivity index (χ1) is 13.9. The molecule has 0 saturated carbocycles. The van der Waals surface area contributed by atoms with Gasteiger partial charge in [-0.2, -0.15) is 0 Å². The standard InChI is InChI=1S/C21H25ClN6O/c1-13-9-16-15(20(25-12-24-16)27-7-4-21(2,29)5-8-27)11-28(13)17-10-18(22)26-19-14(17)3-6-23-19/h3,6,10,12-13,29H,4-5,7-9,11H2,1-2H3,(H,23,26)/t13-/m1/s1. The number of aliphatic hydroxyl groups is 1. The van der Waals surface area contributed by atoms with Gasteiger partial charge in [0.1, 0.15) is 22.9 Å². The molecule has 1 atom stereocenters. The van der Waals surface area contributed by atoms with Crippen LogP contribution in [0.5, 0.6) is 0 Å². The van der Waals surface area contributed by atoms with Gasteiger partial charge in [0, 0.05) is 49.2 Å². The van der Waals surface area contributed by atoms with Gasteiger partial charge in [0.15, 0.2) is 0 Å². The number of aromatic amines is 1. The molecule has 1 saturated heterocycles. The Morgan fingerprint density at radius 3 is 2.86 bits per heavy atom. The fourth-order valence-corrected chi connectivity index (χ4v) is 4.70. The molecule has 0 spiro atoms. The zero-order valence-electron chi connectivity index (χ0n) is 16.7. The number of pyridine rings is 1. The highest BCUT2D eigenvalue weighted by molar-refractivity contribution is 6.30. The first kappa shape index (κ1) is 18.6. The van der Waals surface area contributed by atoms with Crippen molar-refractivity contribution in [1.82, 2.24) is 19.9 Å². The van der Waals surface area contributed by atoms with Crippen molar-refractivity contribution in [3.63, 3.8) is 0 Å². The van der Waals surface area contributed by atoms with Gasteiger partial charge in [-0.1, -0.05) is 11.6 Å². The predicted molar refractivity (Wildman–Crippen MR) is 115 cm³/mol. The van der Waals surface area contributed by atoms with Crippen molar-refractivity contribution in [2.75, 3.05) is 22.9 Å². The topological polar surface area (TPSA) is 81.2 Å². The maximum absolute atomic E-state index is 10.3. The number of nitrogens with one attached hydrogen (secondary N) is 1. The lowest BCUT2D eigenvalue weighted by Crippen LogP contribution is -2.45. The molecule has 0 unspecified atom stereocenters. The van der Waals surface area contributed by atoms with E-state index in [1.54, 1.807) is 6.33 Å². The van der Waals surface area contributed by atoms with Crippen molar-refractivity contribution in [2.24, 2.45) is 0 Å². The summed E-state index contributed by atoms with van der Waals surface area (Å²) >= 11 is 6.31.